The summed E-state index contributed by atoms with van der Waals surface area (Å²) < 4.78 is 4.22. The second-order valence-electron chi connectivity index (χ2n) is 50.1. The van der Waals surface area contributed by atoms with Gasteiger partial charge in [-0.3, -0.25) is 38.4 Å². The molecule has 146 heavy (non-hydrogen) atoms. The van der Waals surface area contributed by atoms with E-state index in [-0.39, 0.29) is 43.4 Å². The highest BCUT2D eigenvalue weighted by Crippen LogP contribution is 2.38. The van der Waals surface area contributed by atoms with Gasteiger partial charge in [0.25, 0.3) is 0 Å². The van der Waals surface area contributed by atoms with Crippen molar-refractivity contribution < 1.29 is 0 Å². The SMILES string of the molecule is CCN(C)c1c(CCCC(C)(C)C)c(=S)c1=O.CCN(C)c1c(N(C)CCCCC(C)(C)C)c(=S)c1=O.CCN(CC)c1c(CCCC(C)(C)C)c(=S)c1=O.CCN(CC)c1c(N(C)CCCCC(C)(C)C)c(=S)c1=O.CCNc1c(CCCC(C)(C)C)c(=S)c1=O.CCNc1c(N(C)CCCCC(C)(C)C)c(=S)c1=O.CN(C)c1c(CCCC(C)(C)C)c(=S)c1=O.CN(C)c1c(N(C)CCCCC(C)(C)C)c(=S)c1=O. The summed E-state index contributed by atoms with van der Waals surface area (Å²) in [4.78, 5) is 114. The van der Waals surface area contributed by atoms with Crippen molar-refractivity contribution in [2.24, 2.45) is 43.3 Å². The molecule has 0 unspecified atom stereocenters. The third-order valence-corrected chi connectivity index (χ3v) is 29.8. The van der Waals surface area contributed by atoms with Crippen molar-refractivity contribution in [2.75, 3.05) is 209 Å². The molecule has 0 saturated heterocycles. The molecule has 0 radical (unpaired) electrons. The third kappa shape index (κ3) is 44.7. The fourth-order valence-corrected chi connectivity index (χ4v) is 20.2. The summed E-state index contributed by atoms with van der Waals surface area (Å²) in [6, 6.07) is 0. The molecule has 0 aliphatic heterocycles. The molecule has 0 fully saturated rings. The molecule has 8 aromatic carbocycles. The lowest BCUT2D eigenvalue weighted by Crippen LogP contribution is -2.35. The van der Waals surface area contributed by atoms with Crippen LogP contribution in [0.5, 0.6) is 0 Å². The van der Waals surface area contributed by atoms with Crippen molar-refractivity contribution in [3.8, 4) is 0 Å². The van der Waals surface area contributed by atoms with Crippen LogP contribution in [0.1, 0.15) is 372 Å². The van der Waals surface area contributed by atoms with Crippen molar-refractivity contribution in [3.05, 3.63) is 140 Å². The van der Waals surface area contributed by atoms with E-state index in [4.69, 9.17) is 97.7 Å². The average molecular weight is 2170 g/mol. The molecule has 0 saturated carbocycles. The Bertz CT molecular complexity index is 5930. The molecule has 2 N–H and O–H groups in total. The van der Waals surface area contributed by atoms with Gasteiger partial charge in [-0.15, -0.1) is 0 Å². The first kappa shape index (κ1) is 138. The minimum atomic E-state index is -0.00612. The maximum atomic E-state index is 12.0. The van der Waals surface area contributed by atoms with Crippen LogP contribution in [0.15, 0.2) is 38.4 Å². The van der Waals surface area contributed by atoms with Crippen LogP contribution >= 0.6 is 97.7 Å². The zero-order chi connectivity index (χ0) is 113. The van der Waals surface area contributed by atoms with E-state index in [1.807, 2.05) is 104 Å². The van der Waals surface area contributed by atoms with Crippen molar-refractivity contribution >= 4 is 166 Å². The summed E-state index contributed by atoms with van der Waals surface area (Å²) in [5, 5.41) is 6.21. The molecular formula is C118H200N12O8S8. The second kappa shape index (κ2) is 62.1. The standard InChI is InChI=1S/C17H30N2OS.C16H28N2OS.2C15H26N2OS.C15H25NOS.C14H23NOS.2C13H21NOS/c1-7-19(8-2)13-14(16(21)15(13)20)18(6)12-10-9-11-17(3,4)5;1-7-17(5)12-13(15(20)14(12)19)18(6)11-9-8-10-16(2,3)4;1-15(2,3)9-7-8-10-17(6)12-11(16(4)5)13(18)14(12)19;1-6-16-11-12(14(19)13(11)18)17(5)10-8-7-9-15(2,3)4;1-6-16(7-2)12-11(14(18)13(12)17)9-8-10-15(3,4)5;1-6-15(5)11-10(13(17)12(11)16)8-7-9-14(2,3)4;1-13(2,3)8-6-7-9-10(14(4)5)11(15)12(9)16;1-5-14-10-9(12(16)11(10)15)7-6-8-13(2,3)4/h7-12H2,1-6H3;7-11H2,1-6H3;7-10H2,1-6H3;16H,6-10H2,1-5H3;6-10H2,1-5H3;6-9H2,1-5H3;6-8H2,1-5H3;14H,5-8H2,1-4H3. The lowest BCUT2D eigenvalue weighted by atomic mass is 9.88. The molecule has 0 aliphatic rings. The molecular weight excluding hydrogens is 1970 g/mol. The topological polar surface area (TPSA) is 193 Å². The van der Waals surface area contributed by atoms with Gasteiger partial charge in [-0.1, -0.05) is 290 Å². The van der Waals surface area contributed by atoms with Crippen molar-refractivity contribution in [2.45, 2.75) is 376 Å². The molecule has 0 atom stereocenters. The zero-order valence-electron chi connectivity index (χ0n) is 99.5. The molecule has 8 aromatic rings. The number of nitrogens with one attached hydrogen (secondary N) is 2. The molecule has 0 spiro atoms. The van der Waals surface area contributed by atoms with Gasteiger partial charge in [0.15, 0.2) is 0 Å². The quantitative estimate of drug-likeness (QED) is 0.0270. The maximum Gasteiger partial charge on any atom is 0.224 e. The van der Waals surface area contributed by atoms with Gasteiger partial charge in [0, 0.05) is 171 Å². The van der Waals surface area contributed by atoms with Crippen LogP contribution in [-0.2, 0) is 25.7 Å². The van der Waals surface area contributed by atoms with Crippen LogP contribution < -0.4 is 103 Å². The number of nitrogens with zero attached hydrogens (tertiary/aromatic N) is 10. The fraction of sp³-hybridized carbons (Fsp3) is 0.729. The molecule has 828 valence electrons. The summed E-state index contributed by atoms with van der Waals surface area (Å²) in [6.45, 7) is 81.0. The normalized spacial score (nSPS) is 12.0. The maximum absolute atomic E-state index is 12.0. The van der Waals surface area contributed by atoms with Crippen molar-refractivity contribution in [1.82, 2.24) is 0 Å². The van der Waals surface area contributed by atoms with Gasteiger partial charge in [0.1, 0.15) is 40.8 Å². The Labute approximate surface area is 926 Å². The van der Waals surface area contributed by atoms with Gasteiger partial charge in [-0.25, -0.2) is 0 Å². The molecule has 0 heterocycles. The van der Waals surface area contributed by atoms with Crippen molar-refractivity contribution in [3.63, 3.8) is 0 Å². The minimum absolute atomic E-state index is 0.00612. The zero-order valence-corrected chi connectivity index (χ0v) is 106. The Morgan fingerprint density at radius 1 is 0.199 bits per heavy atom. The van der Waals surface area contributed by atoms with Gasteiger partial charge in [0.2, 0.25) is 43.4 Å². The van der Waals surface area contributed by atoms with Crippen molar-refractivity contribution in [1.29, 1.82) is 0 Å². The first-order valence-corrected chi connectivity index (χ1v) is 57.5. The van der Waals surface area contributed by atoms with Crippen LogP contribution in [0, 0.1) is 79.4 Å². The van der Waals surface area contributed by atoms with Gasteiger partial charge in [-0.05, 0) is 227 Å². The van der Waals surface area contributed by atoms with Crippen LogP contribution in [0.4, 0.5) is 68.2 Å². The first-order valence-electron chi connectivity index (χ1n) is 54.2. The van der Waals surface area contributed by atoms with Crippen LogP contribution in [-0.4, -0.2) is 149 Å². The lowest BCUT2D eigenvalue weighted by molar-refractivity contribution is 0.361. The summed E-state index contributed by atoms with van der Waals surface area (Å²) in [5.74, 6) is 0. The highest BCUT2D eigenvalue weighted by molar-refractivity contribution is 7.73. The predicted octanol–water partition coefficient (Wildman–Crippen LogP) is 28.9. The highest BCUT2D eigenvalue weighted by atomic mass is 32.1. The second-order valence-corrected chi connectivity index (χ2v) is 53.3. The van der Waals surface area contributed by atoms with Gasteiger partial charge in [0.05, 0.1) is 63.5 Å². The summed E-state index contributed by atoms with van der Waals surface area (Å²) >= 11 is 41.3. The summed E-state index contributed by atoms with van der Waals surface area (Å²) in [5.41, 5.74) is 17.9. The largest absolute Gasteiger partial charge is 0.382 e. The van der Waals surface area contributed by atoms with Gasteiger partial charge >= 0.3 is 0 Å². The summed E-state index contributed by atoms with van der Waals surface area (Å²) in [7, 11) is 19.6. The Morgan fingerprint density at radius 3 is 0.712 bits per heavy atom. The van der Waals surface area contributed by atoms with Gasteiger partial charge in [-0.2, -0.15) is 0 Å². The highest BCUT2D eigenvalue weighted by Gasteiger charge is 2.31. The smallest absolute Gasteiger partial charge is 0.224 e. The van der Waals surface area contributed by atoms with Crippen LogP contribution in [0.25, 0.3) is 0 Å². The Hall–Kier alpha value is -6.40. The number of hydrogen-bond donors (Lipinski definition) is 2. The number of rotatable bonds is 48. The first-order chi connectivity index (χ1) is 67.0. The number of hydrogen-bond acceptors (Lipinski definition) is 28. The molecule has 0 bridgehead atoms. The molecule has 0 amide bonds. The monoisotopic (exact) mass is 2170 g/mol. The van der Waals surface area contributed by atoms with E-state index in [9.17, 15) is 38.4 Å². The molecule has 0 aromatic heterocycles. The van der Waals surface area contributed by atoms with Crippen LogP contribution in [0.2, 0.25) is 0 Å². The lowest BCUT2D eigenvalue weighted by Gasteiger charge is -2.31. The molecule has 0 aliphatic carbocycles. The predicted molar refractivity (Wildman–Crippen MR) is 665 cm³/mol. The van der Waals surface area contributed by atoms with E-state index in [1.54, 1.807) is 0 Å². The van der Waals surface area contributed by atoms with E-state index >= 15 is 0 Å². The van der Waals surface area contributed by atoms with E-state index in [1.165, 1.54) is 57.8 Å². The summed E-state index contributed by atoms with van der Waals surface area (Å²) in [6.07, 6.45) is 27.1. The van der Waals surface area contributed by atoms with Crippen LogP contribution in [0.3, 0.4) is 0 Å². The fourth-order valence-electron chi connectivity index (χ4n) is 17.6. The Balaban J connectivity index is 0.000000835. The van der Waals surface area contributed by atoms with E-state index in [2.05, 4.69) is 248 Å². The number of anilines is 12. The molecule has 28 heteroatoms. The average Bonchev–Trinajstić information content (AvgIpc) is 0.752. The molecule has 8 rings (SSSR count). The van der Waals surface area contributed by atoms with E-state index in [0.717, 1.165) is 260 Å². The Morgan fingerprint density at radius 2 is 0.411 bits per heavy atom. The van der Waals surface area contributed by atoms with Gasteiger partial charge < -0.3 is 59.6 Å². The number of unbranched alkanes of at least 4 members (excludes halogenated alkanes) is 4. The minimum Gasteiger partial charge on any atom is -0.382 e. The van der Waals surface area contributed by atoms with E-state index < -0.39 is 0 Å². The Kier molecular flexibility index (Phi) is 58.5. The third-order valence-electron chi connectivity index (χ3n) is 26.5. The van der Waals surface area contributed by atoms with E-state index in [0.29, 0.717) is 85.1 Å². The molecule has 20 nitrogen and oxygen atoms in total.